The van der Waals surface area contributed by atoms with Crippen LogP contribution in [0.1, 0.15) is 103 Å². The molecule has 0 N–H and O–H groups in total. The summed E-state index contributed by atoms with van der Waals surface area (Å²) in [6.07, 6.45) is 14.0. The Morgan fingerprint density at radius 3 is 1.70 bits per heavy atom. The Morgan fingerprint density at radius 1 is 0.800 bits per heavy atom. The van der Waals surface area contributed by atoms with Crippen LogP contribution in [0.25, 0.3) is 0 Å². The van der Waals surface area contributed by atoms with Crippen LogP contribution in [-0.4, -0.2) is 11.9 Å². The number of ether oxygens (including phenoxy) is 2. The van der Waals surface area contributed by atoms with Gasteiger partial charge in [0.05, 0.1) is 0 Å². The van der Waals surface area contributed by atoms with Crippen LogP contribution in [0.2, 0.25) is 0 Å². The number of esters is 2. The van der Waals surface area contributed by atoms with E-state index in [0.29, 0.717) is 17.1 Å². The molecule has 216 valence electrons. The van der Waals surface area contributed by atoms with Crippen molar-refractivity contribution in [2.24, 2.45) is 17.8 Å². The normalized spacial score (nSPS) is 24.1. The number of carbonyl (C=O) groups is 2. The molecule has 0 aromatic heterocycles. The van der Waals surface area contributed by atoms with Gasteiger partial charge in [0.15, 0.2) is 0 Å². The van der Waals surface area contributed by atoms with Gasteiger partial charge in [-0.15, -0.1) is 0 Å². The van der Waals surface area contributed by atoms with Crippen molar-refractivity contribution in [3.8, 4) is 11.5 Å². The Labute approximate surface area is 241 Å². The third kappa shape index (κ3) is 8.19. The molecule has 2 aliphatic rings. The van der Waals surface area contributed by atoms with Gasteiger partial charge in [0.2, 0.25) is 0 Å². The van der Waals surface area contributed by atoms with Crippen LogP contribution >= 0.6 is 0 Å². The third-order valence-electron chi connectivity index (χ3n) is 8.84. The van der Waals surface area contributed by atoms with Gasteiger partial charge in [-0.1, -0.05) is 96.7 Å². The first kappa shape index (κ1) is 31.4. The molecule has 0 bridgehead atoms. The van der Waals surface area contributed by atoms with Crippen molar-refractivity contribution in [1.82, 2.24) is 0 Å². The van der Waals surface area contributed by atoms with Gasteiger partial charge in [0.25, 0.3) is 0 Å². The molecule has 0 heterocycles. The zero-order valence-electron chi connectivity index (χ0n) is 25.0. The van der Waals surface area contributed by atoms with Crippen LogP contribution in [0.4, 0.5) is 0 Å². The molecule has 0 spiro atoms. The fourth-order valence-corrected chi connectivity index (χ4v) is 6.33. The minimum atomic E-state index is -0.458. The average molecular weight is 545 g/mol. The van der Waals surface area contributed by atoms with E-state index in [0.717, 1.165) is 30.6 Å². The maximum absolute atomic E-state index is 12.0. The predicted octanol–water partition coefficient (Wildman–Crippen LogP) is 9.37. The Hall–Kier alpha value is -3.14. The standard InChI is InChI=1S/C34H42O4.C2H6/c1-5-32(35)37-30-16-12-28(13-17-30)34(29-14-18-31(19-15-29)38-33(36)24(2)3)22-20-27(21-23-34)11-10-26-8-6-25(4)7-9-26;1-2/h5,12-19,25-27H,1-2,6-11,20-23H2,3-4H3;1-2H3. The molecule has 2 saturated carbocycles. The lowest BCUT2D eigenvalue weighted by atomic mass is 9.62. The van der Waals surface area contributed by atoms with E-state index in [1.807, 2.05) is 38.1 Å². The van der Waals surface area contributed by atoms with E-state index >= 15 is 0 Å². The van der Waals surface area contributed by atoms with E-state index in [1.54, 1.807) is 6.92 Å². The lowest BCUT2D eigenvalue weighted by Gasteiger charge is -2.42. The van der Waals surface area contributed by atoms with E-state index in [9.17, 15) is 9.59 Å². The summed E-state index contributed by atoms with van der Waals surface area (Å²) in [6.45, 7) is 15.2. The summed E-state index contributed by atoms with van der Waals surface area (Å²) >= 11 is 0. The highest BCUT2D eigenvalue weighted by Gasteiger charge is 2.38. The first-order valence-electron chi connectivity index (χ1n) is 15.2. The monoisotopic (exact) mass is 544 g/mol. The zero-order chi connectivity index (χ0) is 29.1. The second-order valence-electron chi connectivity index (χ2n) is 11.6. The van der Waals surface area contributed by atoms with Crippen LogP contribution in [-0.2, 0) is 15.0 Å². The molecule has 4 heteroatoms. The topological polar surface area (TPSA) is 52.6 Å². The maximum atomic E-state index is 12.0. The molecule has 2 aromatic rings. The molecule has 2 aliphatic carbocycles. The Morgan fingerprint density at radius 2 is 1.25 bits per heavy atom. The molecule has 0 radical (unpaired) electrons. The van der Waals surface area contributed by atoms with Gasteiger partial charge in [0.1, 0.15) is 11.5 Å². The van der Waals surface area contributed by atoms with Crippen molar-refractivity contribution in [2.45, 2.75) is 97.3 Å². The average Bonchev–Trinajstić information content (AvgIpc) is 2.99. The highest BCUT2D eigenvalue weighted by molar-refractivity contribution is 5.88. The van der Waals surface area contributed by atoms with Crippen LogP contribution in [0.15, 0.2) is 73.3 Å². The maximum Gasteiger partial charge on any atom is 0.338 e. The first-order valence-corrected chi connectivity index (χ1v) is 15.2. The van der Waals surface area contributed by atoms with Gasteiger partial charge >= 0.3 is 11.9 Å². The molecule has 0 aliphatic heterocycles. The smallest absolute Gasteiger partial charge is 0.338 e. The summed E-state index contributed by atoms with van der Waals surface area (Å²) < 4.78 is 10.8. The molecule has 4 nitrogen and oxygen atoms in total. The van der Waals surface area contributed by atoms with E-state index < -0.39 is 11.9 Å². The number of rotatable bonds is 9. The first-order chi connectivity index (χ1) is 19.3. The van der Waals surface area contributed by atoms with Gasteiger partial charge in [-0.2, -0.15) is 0 Å². The summed E-state index contributed by atoms with van der Waals surface area (Å²) in [5, 5.41) is 0. The van der Waals surface area contributed by atoms with E-state index in [4.69, 9.17) is 9.47 Å². The van der Waals surface area contributed by atoms with Crippen molar-refractivity contribution < 1.29 is 19.1 Å². The van der Waals surface area contributed by atoms with Crippen LogP contribution in [0.3, 0.4) is 0 Å². The molecule has 0 unspecified atom stereocenters. The summed E-state index contributed by atoms with van der Waals surface area (Å²) in [6, 6.07) is 15.9. The minimum Gasteiger partial charge on any atom is -0.423 e. The van der Waals surface area contributed by atoms with Gasteiger partial charge in [-0.3, -0.25) is 0 Å². The molecule has 40 heavy (non-hydrogen) atoms. The Bertz CT molecular complexity index is 1110. The fourth-order valence-electron chi connectivity index (χ4n) is 6.33. The van der Waals surface area contributed by atoms with Gasteiger partial charge in [-0.05, 0) is 85.8 Å². The van der Waals surface area contributed by atoms with E-state index in [2.05, 4.69) is 44.3 Å². The number of benzene rings is 2. The molecule has 0 saturated heterocycles. The molecular weight excluding hydrogens is 496 g/mol. The van der Waals surface area contributed by atoms with Crippen LogP contribution < -0.4 is 9.47 Å². The SMILES string of the molecule is C=CC(=O)Oc1ccc(C2(c3ccc(OC(=O)C(=C)C)cc3)CCC(CCC3CCC(C)CC3)CC2)cc1.CC. The largest absolute Gasteiger partial charge is 0.423 e. The second-order valence-corrected chi connectivity index (χ2v) is 11.6. The van der Waals surface area contributed by atoms with Crippen molar-refractivity contribution in [3.63, 3.8) is 0 Å². The van der Waals surface area contributed by atoms with Gasteiger partial charge < -0.3 is 9.47 Å². The van der Waals surface area contributed by atoms with E-state index in [-0.39, 0.29) is 5.41 Å². The Kier molecular flexibility index (Phi) is 11.8. The third-order valence-corrected chi connectivity index (χ3v) is 8.84. The summed E-state index contributed by atoms with van der Waals surface area (Å²) in [7, 11) is 0. The second kappa shape index (κ2) is 15.0. The van der Waals surface area contributed by atoms with Crippen molar-refractivity contribution in [1.29, 1.82) is 0 Å². The molecule has 0 amide bonds. The van der Waals surface area contributed by atoms with Crippen molar-refractivity contribution in [2.75, 3.05) is 0 Å². The summed E-state index contributed by atoms with van der Waals surface area (Å²) in [5.41, 5.74) is 2.70. The fraction of sp³-hybridized carbons (Fsp3) is 0.500. The molecular formula is C36H48O4. The molecule has 4 rings (SSSR count). The molecule has 2 fully saturated rings. The summed E-state index contributed by atoms with van der Waals surface area (Å²) in [4.78, 5) is 23.6. The van der Waals surface area contributed by atoms with Crippen LogP contribution in [0, 0.1) is 17.8 Å². The summed E-state index contributed by atoms with van der Waals surface area (Å²) in [5.74, 6) is 2.77. The zero-order valence-corrected chi connectivity index (χ0v) is 25.0. The minimum absolute atomic E-state index is 0.130. The molecule has 0 atom stereocenters. The van der Waals surface area contributed by atoms with Gasteiger partial charge in [0, 0.05) is 17.1 Å². The van der Waals surface area contributed by atoms with Gasteiger partial charge in [-0.25, -0.2) is 9.59 Å². The lowest BCUT2D eigenvalue weighted by Crippen LogP contribution is -2.33. The molecule has 2 aromatic carbocycles. The lowest BCUT2D eigenvalue weighted by molar-refractivity contribution is -0.130. The highest BCUT2D eigenvalue weighted by Crippen LogP contribution is 2.48. The number of hydrogen-bond acceptors (Lipinski definition) is 4. The van der Waals surface area contributed by atoms with Crippen LogP contribution in [0.5, 0.6) is 11.5 Å². The quantitative estimate of drug-likeness (QED) is 0.179. The van der Waals surface area contributed by atoms with Crippen molar-refractivity contribution in [3.05, 3.63) is 84.5 Å². The highest BCUT2D eigenvalue weighted by atomic mass is 16.5. The predicted molar refractivity (Wildman–Crippen MR) is 164 cm³/mol. The number of carbonyl (C=O) groups excluding carboxylic acids is 2. The van der Waals surface area contributed by atoms with E-state index in [1.165, 1.54) is 68.6 Å². The number of hydrogen-bond donors (Lipinski definition) is 0. The Balaban J connectivity index is 0.00000216. The van der Waals surface area contributed by atoms with Crippen molar-refractivity contribution >= 4 is 11.9 Å².